The normalized spacial score (nSPS) is 11.9. The molecule has 25 heavy (non-hydrogen) atoms. The molecule has 132 valence electrons. The average molecular weight is 342 g/mol. The van der Waals surface area contributed by atoms with Crippen LogP contribution in [0.4, 0.5) is 4.79 Å². The highest BCUT2D eigenvalue weighted by Crippen LogP contribution is 2.32. The Morgan fingerprint density at radius 2 is 2.00 bits per heavy atom. The fraction of sp³-hybridized carbons (Fsp3) is 0.316. The first kappa shape index (κ1) is 17.0. The molecular weight excluding hydrogens is 320 g/mol. The summed E-state index contributed by atoms with van der Waals surface area (Å²) in [5.74, 6) is 2.30. The number of urea groups is 1. The van der Waals surface area contributed by atoms with Gasteiger partial charge < -0.3 is 24.4 Å². The highest BCUT2D eigenvalue weighted by Gasteiger charge is 2.14. The predicted molar refractivity (Wildman–Crippen MR) is 94.1 cm³/mol. The standard InChI is InChI=1S/C19H22N2O4/c1-14-5-3-4-6-16(14)23-10-9-21(2)19(22)20-12-15-7-8-17-18(11-15)25-13-24-17/h3-8,11H,9-10,12-13H2,1-2H3,(H,20,22). The second-order valence-corrected chi connectivity index (χ2v) is 5.88. The maximum atomic E-state index is 12.2. The molecule has 0 bridgehead atoms. The van der Waals surface area contributed by atoms with Crippen molar-refractivity contribution < 1.29 is 19.0 Å². The van der Waals surface area contributed by atoms with Crippen LogP contribution in [0.3, 0.4) is 0 Å². The molecule has 0 aromatic heterocycles. The van der Waals surface area contributed by atoms with Crippen LogP contribution in [0.15, 0.2) is 42.5 Å². The Morgan fingerprint density at radius 3 is 2.84 bits per heavy atom. The molecule has 3 rings (SSSR count). The summed E-state index contributed by atoms with van der Waals surface area (Å²) in [5.41, 5.74) is 2.04. The number of ether oxygens (including phenoxy) is 3. The Balaban J connectivity index is 1.42. The minimum absolute atomic E-state index is 0.147. The first-order valence-corrected chi connectivity index (χ1v) is 8.19. The average Bonchev–Trinajstić information content (AvgIpc) is 3.09. The molecule has 1 aliphatic rings. The fourth-order valence-corrected chi connectivity index (χ4v) is 2.48. The summed E-state index contributed by atoms with van der Waals surface area (Å²) >= 11 is 0. The van der Waals surface area contributed by atoms with Crippen LogP contribution in [0.1, 0.15) is 11.1 Å². The Bertz CT molecular complexity index is 748. The van der Waals surface area contributed by atoms with Crippen LogP contribution >= 0.6 is 0 Å². The van der Waals surface area contributed by atoms with Gasteiger partial charge in [0.05, 0.1) is 6.54 Å². The molecule has 0 unspecified atom stereocenters. The van der Waals surface area contributed by atoms with E-state index in [4.69, 9.17) is 14.2 Å². The first-order valence-electron chi connectivity index (χ1n) is 8.19. The van der Waals surface area contributed by atoms with Crippen LogP contribution in [0.25, 0.3) is 0 Å². The smallest absolute Gasteiger partial charge is 0.317 e. The van der Waals surface area contributed by atoms with E-state index in [2.05, 4.69) is 5.32 Å². The van der Waals surface area contributed by atoms with Gasteiger partial charge in [-0.15, -0.1) is 0 Å². The van der Waals surface area contributed by atoms with Gasteiger partial charge in [-0.1, -0.05) is 24.3 Å². The van der Waals surface area contributed by atoms with Gasteiger partial charge in [0.1, 0.15) is 12.4 Å². The number of carbonyl (C=O) groups excluding carboxylic acids is 1. The largest absolute Gasteiger partial charge is 0.491 e. The van der Waals surface area contributed by atoms with Gasteiger partial charge in [0.25, 0.3) is 0 Å². The monoisotopic (exact) mass is 342 g/mol. The summed E-state index contributed by atoms with van der Waals surface area (Å²) in [6.45, 7) is 3.62. The summed E-state index contributed by atoms with van der Waals surface area (Å²) in [5, 5.41) is 2.89. The van der Waals surface area contributed by atoms with Crippen molar-refractivity contribution in [2.24, 2.45) is 0 Å². The summed E-state index contributed by atoms with van der Waals surface area (Å²) in [6.07, 6.45) is 0. The van der Waals surface area contributed by atoms with E-state index < -0.39 is 0 Å². The molecule has 0 radical (unpaired) electrons. The topological polar surface area (TPSA) is 60.0 Å². The number of aryl methyl sites for hydroxylation is 1. The minimum atomic E-state index is -0.147. The predicted octanol–water partition coefficient (Wildman–Crippen LogP) is 2.94. The van der Waals surface area contributed by atoms with Gasteiger partial charge in [0.2, 0.25) is 6.79 Å². The van der Waals surface area contributed by atoms with Gasteiger partial charge in [-0.3, -0.25) is 0 Å². The zero-order valence-corrected chi connectivity index (χ0v) is 14.5. The van der Waals surface area contributed by atoms with E-state index in [0.29, 0.717) is 25.4 Å². The summed E-state index contributed by atoms with van der Waals surface area (Å²) < 4.78 is 16.3. The maximum Gasteiger partial charge on any atom is 0.317 e. The van der Waals surface area contributed by atoms with Crippen LogP contribution in [0, 0.1) is 6.92 Å². The lowest BCUT2D eigenvalue weighted by molar-refractivity contribution is 0.174. The van der Waals surface area contributed by atoms with Crippen molar-refractivity contribution in [1.82, 2.24) is 10.2 Å². The van der Waals surface area contributed by atoms with Gasteiger partial charge in [-0.2, -0.15) is 0 Å². The molecule has 6 heteroatoms. The zero-order chi connectivity index (χ0) is 17.6. The van der Waals surface area contributed by atoms with Crippen molar-refractivity contribution in [2.75, 3.05) is 27.0 Å². The van der Waals surface area contributed by atoms with Gasteiger partial charge >= 0.3 is 6.03 Å². The SMILES string of the molecule is Cc1ccccc1OCCN(C)C(=O)NCc1ccc2c(c1)OCO2. The molecule has 6 nitrogen and oxygen atoms in total. The Morgan fingerprint density at radius 1 is 1.20 bits per heavy atom. The number of benzene rings is 2. The zero-order valence-electron chi connectivity index (χ0n) is 14.5. The number of nitrogens with one attached hydrogen (secondary N) is 1. The molecule has 0 saturated heterocycles. The van der Waals surface area contributed by atoms with Crippen LogP contribution in [0.2, 0.25) is 0 Å². The highest BCUT2D eigenvalue weighted by atomic mass is 16.7. The lowest BCUT2D eigenvalue weighted by Crippen LogP contribution is -2.39. The number of amides is 2. The van der Waals surface area contributed by atoms with E-state index in [0.717, 1.165) is 22.6 Å². The molecule has 0 atom stereocenters. The molecule has 0 spiro atoms. The second-order valence-electron chi connectivity index (χ2n) is 5.88. The number of fused-ring (bicyclic) bond motifs is 1. The van der Waals surface area contributed by atoms with Crippen molar-refractivity contribution in [3.8, 4) is 17.2 Å². The number of likely N-dealkylation sites (N-methyl/N-ethyl adjacent to an activating group) is 1. The molecule has 0 saturated carbocycles. The number of carbonyl (C=O) groups is 1. The molecule has 2 aromatic carbocycles. The Hall–Kier alpha value is -2.89. The lowest BCUT2D eigenvalue weighted by atomic mass is 10.2. The van der Waals surface area contributed by atoms with Crippen molar-refractivity contribution in [2.45, 2.75) is 13.5 Å². The first-order chi connectivity index (χ1) is 12.1. The van der Waals surface area contributed by atoms with Crippen molar-refractivity contribution in [3.63, 3.8) is 0 Å². The number of para-hydroxylation sites is 1. The van der Waals surface area contributed by atoms with Crippen molar-refractivity contribution >= 4 is 6.03 Å². The number of hydrogen-bond acceptors (Lipinski definition) is 4. The molecule has 1 N–H and O–H groups in total. The van der Waals surface area contributed by atoms with E-state index in [1.54, 1.807) is 11.9 Å². The molecule has 0 fully saturated rings. The Labute approximate surface area is 147 Å². The molecular formula is C19H22N2O4. The quantitative estimate of drug-likeness (QED) is 0.877. The lowest BCUT2D eigenvalue weighted by Gasteiger charge is -2.18. The van der Waals surface area contributed by atoms with E-state index in [9.17, 15) is 4.79 Å². The van der Waals surface area contributed by atoms with E-state index in [1.165, 1.54) is 0 Å². The van der Waals surface area contributed by atoms with Crippen LogP contribution in [-0.2, 0) is 6.54 Å². The summed E-state index contributed by atoms with van der Waals surface area (Å²) in [6, 6.07) is 13.3. The third-order valence-corrected chi connectivity index (χ3v) is 4.01. The molecule has 1 heterocycles. The summed E-state index contributed by atoms with van der Waals surface area (Å²) in [7, 11) is 1.75. The number of hydrogen-bond donors (Lipinski definition) is 1. The van der Waals surface area contributed by atoms with E-state index in [1.807, 2.05) is 49.4 Å². The minimum Gasteiger partial charge on any atom is -0.491 e. The van der Waals surface area contributed by atoms with E-state index >= 15 is 0 Å². The van der Waals surface area contributed by atoms with Gasteiger partial charge in [-0.25, -0.2) is 4.79 Å². The maximum absolute atomic E-state index is 12.2. The highest BCUT2D eigenvalue weighted by molar-refractivity contribution is 5.73. The van der Waals surface area contributed by atoms with Crippen LogP contribution in [0.5, 0.6) is 17.2 Å². The third kappa shape index (κ3) is 4.35. The van der Waals surface area contributed by atoms with Crippen molar-refractivity contribution in [3.05, 3.63) is 53.6 Å². The number of rotatable bonds is 6. The summed E-state index contributed by atoms with van der Waals surface area (Å²) in [4.78, 5) is 13.8. The van der Waals surface area contributed by atoms with Crippen LogP contribution in [-0.4, -0.2) is 37.9 Å². The van der Waals surface area contributed by atoms with E-state index in [-0.39, 0.29) is 12.8 Å². The third-order valence-electron chi connectivity index (χ3n) is 4.01. The Kier molecular flexibility index (Phi) is 5.28. The molecule has 2 amide bonds. The molecule has 2 aromatic rings. The van der Waals surface area contributed by atoms with Crippen LogP contribution < -0.4 is 19.5 Å². The van der Waals surface area contributed by atoms with Crippen molar-refractivity contribution in [1.29, 1.82) is 0 Å². The van der Waals surface area contributed by atoms with Gasteiger partial charge in [0, 0.05) is 13.6 Å². The molecule has 0 aliphatic carbocycles. The van der Waals surface area contributed by atoms with Gasteiger partial charge in [0.15, 0.2) is 11.5 Å². The fourth-order valence-electron chi connectivity index (χ4n) is 2.48. The van der Waals surface area contributed by atoms with Gasteiger partial charge in [-0.05, 0) is 36.2 Å². The molecule has 1 aliphatic heterocycles. The number of nitrogens with zero attached hydrogens (tertiary/aromatic N) is 1. The second kappa shape index (κ2) is 7.79.